The van der Waals surface area contributed by atoms with Crippen LogP contribution in [0.2, 0.25) is 0 Å². The average molecular weight is 269 g/mol. The van der Waals surface area contributed by atoms with E-state index >= 15 is 0 Å². The second-order valence-electron chi connectivity index (χ2n) is 4.53. The number of halogens is 1. The number of hydrogen-bond acceptors (Lipinski definition) is 3. The van der Waals surface area contributed by atoms with Crippen molar-refractivity contribution in [2.24, 2.45) is 0 Å². The number of rotatable bonds is 4. The highest BCUT2D eigenvalue weighted by molar-refractivity contribution is 5.67. The van der Waals surface area contributed by atoms with Crippen LogP contribution in [0.25, 0.3) is 0 Å². The van der Waals surface area contributed by atoms with E-state index in [4.69, 9.17) is 11.0 Å². The molecule has 0 heterocycles. The molecule has 0 unspecified atom stereocenters. The summed E-state index contributed by atoms with van der Waals surface area (Å²) in [6.45, 7) is 3.26. The van der Waals surface area contributed by atoms with Crippen LogP contribution in [0.3, 0.4) is 0 Å². The topological polar surface area (TPSA) is 53.0 Å². The molecule has 0 aliphatic heterocycles. The first-order valence-electron chi connectivity index (χ1n) is 6.43. The predicted octanol–water partition coefficient (Wildman–Crippen LogP) is 3.31. The number of benzene rings is 2. The minimum Gasteiger partial charge on any atom is -0.397 e. The normalized spacial score (nSPS) is 10.1. The highest BCUT2D eigenvalue weighted by Gasteiger charge is 2.09. The molecule has 0 saturated heterocycles. The first kappa shape index (κ1) is 13.9. The molecular weight excluding hydrogens is 253 g/mol. The number of anilines is 2. The quantitative estimate of drug-likeness (QED) is 0.866. The summed E-state index contributed by atoms with van der Waals surface area (Å²) in [6.07, 6.45) is 0. The van der Waals surface area contributed by atoms with Crippen molar-refractivity contribution in [2.75, 3.05) is 17.2 Å². The Morgan fingerprint density at radius 2 is 2.00 bits per heavy atom. The number of nitrogens with zero attached hydrogens (tertiary/aromatic N) is 2. The Kier molecular flexibility index (Phi) is 4.21. The molecule has 0 spiro atoms. The van der Waals surface area contributed by atoms with Crippen LogP contribution in [0.5, 0.6) is 0 Å². The van der Waals surface area contributed by atoms with Crippen LogP contribution >= 0.6 is 0 Å². The highest BCUT2D eigenvalue weighted by atomic mass is 19.1. The summed E-state index contributed by atoms with van der Waals surface area (Å²) in [4.78, 5) is 2.05. The fourth-order valence-corrected chi connectivity index (χ4v) is 2.17. The number of nitriles is 1. The molecule has 2 aromatic carbocycles. The number of hydrogen-bond donors (Lipinski definition) is 1. The van der Waals surface area contributed by atoms with Crippen LogP contribution < -0.4 is 10.6 Å². The molecule has 0 aliphatic carbocycles. The van der Waals surface area contributed by atoms with Gasteiger partial charge in [-0.3, -0.25) is 0 Å². The Hall–Kier alpha value is -2.54. The summed E-state index contributed by atoms with van der Waals surface area (Å²) in [5.74, 6) is -0.392. The lowest BCUT2D eigenvalue weighted by Crippen LogP contribution is -2.23. The third kappa shape index (κ3) is 3.07. The van der Waals surface area contributed by atoms with Gasteiger partial charge in [-0.25, -0.2) is 4.39 Å². The molecule has 0 aromatic heterocycles. The van der Waals surface area contributed by atoms with Crippen LogP contribution in [0.15, 0.2) is 42.5 Å². The largest absolute Gasteiger partial charge is 0.397 e. The molecule has 0 atom stereocenters. The summed E-state index contributed by atoms with van der Waals surface area (Å²) < 4.78 is 13.5. The predicted molar refractivity (Wildman–Crippen MR) is 78.7 cm³/mol. The molecule has 2 rings (SSSR count). The third-order valence-corrected chi connectivity index (χ3v) is 3.12. The maximum atomic E-state index is 13.5. The van der Waals surface area contributed by atoms with E-state index in [1.165, 1.54) is 12.1 Å². The summed E-state index contributed by atoms with van der Waals surface area (Å²) in [6, 6.07) is 13.9. The van der Waals surface area contributed by atoms with E-state index in [-0.39, 0.29) is 0 Å². The molecule has 0 bridgehead atoms. The van der Waals surface area contributed by atoms with Gasteiger partial charge in [0.05, 0.1) is 23.0 Å². The average Bonchev–Trinajstić information content (AvgIpc) is 2.45. The van der Waals surface area contributed by atoms with Gasteiger partial charge in [-0.05, 0) is 42.8 Å². The molecule has 0 radical (unpaired) electrons. The SMILES string of the molecule is CCN(Cc1cc(F)cc(C#N)c1)c1ccccc1N. The van der Waals surface area contributed by atoms with Crippen molar-refractivity contribution in [3.63, 3.8) is 0 Å². The van der Waals surface area contributed by atoms with E-state index in [1.807, 2.05) is 42.2 Å². The van der Waals surface area contributed by atoms with Crippen molar-refractivity contribution < 1.29 is 4.39 Å². The van der Waals surface area contributed by atoms with Crippen LogP contribution in [-0.4, -0.2) is 6.54 Å². The minimum absolute atomic E-state index is 0.331. The minimum atomic E-state index is -0.392. The van der Waals surface area contributed by atoms with Crippen molar-refractivity contribution in [2.45, 2.75) is 13.5 Å². The molecule has 20 heavy (non-hydrogen) atoms. The van der Waals surface area contributed by atoms with Gasteiger partial charge in [0.1, 0.15) is 5.82 Å². The van der Waals surface area contributed by atoms with Crippen molar-refractivity contribution in [1.82, 2.24) is 0 Å². The molecule has 0 aliphatic rings. The van der Waals surface area contributed by atoms with Gasteiger partial charge in [-0.15, -0.1) is 0 Å². The summed E-state index contributed by atoms with van der Waals surface area (Å²) in [7, 11) is 0. The molecule has 2 aromatic rings. The van der Waals surface area contributed by atoms with Gasteiger partial charge in [-0.1, -0.05) is 12.1 Å². The molecule has 0 amide bonds. The smallest absolute Gasteiger partial charge is 0.124 e. The first-order chi connectivity index (χ1) is 9.63. The van der Waals surface area contributed by atoms with E-state index in [1.54, 1.807) is 6.07 Å². The lowest BCUT2D eigenvalue weighted by atomic mass is 10.1. The van der Waals surface area contributed by atoms with Crippen molar-refractivity contribution in [3.05, 3.63) is 59.4 Å². The number of para-hydroxylation sites is 2. The Labute approximate surface area is 118 Å². The zero-order valence-corrected chi connectivity index (χ0v) is 11.3. The second kappa shape index (κ2) is 6.07. The van der Waals surface area contributed by atoms with Crippen molar-refractivity contribution in [1.29, 1.82) is 5.26 Å². The highest BCUT2D eigenvalue weighted by Crippen LogP contribution is 2.24. The molecule has 0 saturated carbocycles. The Bertz CT molecular complexity index is 646. The third-order valence-electron chi connectivity index (χ3n) is 3.12. The fourth-order valence-electron chi connectivity index (χ4n) is 2.17. The van der Waals surface area contributed by atoms with Gasteiger partial charge in [-0.2, -0.15) is 5.26 Å². The van der Waals surface area contributed by atoms with E-state index < -0.39 is 5.82 Å². The molecule has 0 fully saturated rings. The van der Waals surface area contributed by atoms with Gasteiger partial charge >= 0.3 is 0 Å². The van der Waals surface area contributed by atoms with Crippen LogP contribution in [0, 0.1) is 17.1 Å². The van der Waals surface area contributed by atoms with E-state index in [9.17, 15) is 4.39 Å². The zero-order valence-electron chi connectivity index (χ0n) is 11.3. The van der Waals surface area contributed by atoms with E-state index in [0.29, 0.717) is 17.8 Å². The van der Waals surface area contributed by atoms with Crippen LogP contribution in [-0.2, 0) is 6.54 Å². The molecule has 102 valence electrons. The number of nitrogens with two attached hydrogens (primary N) is 1. The van der Waals surface area contributed by atoms with Gasteiger partial charge in [0.2, 0.25) is 0 Å². The number of nitrogen functional groups attached to an aromatic ring is 1. The van der Waals surface area contributed by atoms with E-state index in [0.717, 1.165) is 17.8 Å². The summed E-state index contributed by atoms with van der Waals surface area (Å²) in [5, 5.41) is 8.89. The lowest BCUT2D eigenvalue weighted by molar-refractivity contribution is 0.624. The van der Waals surface area contributed by atoms with E-state index in [2.05, 4.69) is 0 Å². The fraction of sp³-hybridized carbons (Fsp3) is 0.188. The van der Waals surface area contributed by atoms with Gasteiger partial charge in [0, 0.05) is 13.1 Å². The molecular formula is C16H16FN3. The Morgan fingerprint density at radius 1 is 1.25 bits per heavy atom. The maximum Gasteiger partial charge on any atom is 0.124 e. The summed E-state index contributed by atoms with van der Waals surface area (Å²) >= 11 is 0. The van der Waals surface area contributed by atoms with Crippen molar-refractivity contribution >= 4 is 11.4 Å². The van der Waals surface area contributed by atoms with Gasteiger partial charge in [0.15, 0.2) is 0 Å². The van der Waals surface area contributed by atoms with Gasteiger partial charge < -0.3 is 10.6 Å². The standard InChI is InChI=1S/C16H16FN3/c1-2-20(16-6-4-3-5-15(16)19)11-13-7-12(10-18)8-14(17)9-13/h3-9H,2,11,19H2,1H3. The zero-order chi connectivity index (χ0) is 14.5. The molecule has 4 heteroatoms. The molecule has 2 N–H and O–H groups in total. The molecule has 3 nitrogen and oxygen atoms in total. The summed E-state index contributed by atoms with van der Waals surface area (Å²) in [5.41, 5.74) is 8.66. The van der Waals surface area contributed by atoms with Crippen LogP contribution in [0.1, 0.15) is 18.1 Å². The Morgan fingerprint density at radius 3 is 2.65 bits per heavy atom. The second-order valence-corrected chi connectivity index (χ2v) is 4.53. The Balaban J connectivity index is 2.30. The maximum absolute atomic E-state index is 13.5. The van der Waals surface area contributed by atoms with Crippen molar-refractivity contribution in [3.8, 4) is 6.07 Å². The van der Waals surface area contributed by atoms with Crippen LogP contribution in [0.4, 0.5) is 15.8 Å². The lowest BCUT2D eigenvalue weighted by Gasteiger charge is -2.24. The van der Waals surface area contributed by atoms with Gasteiger partial charge in [0.25, 0.3) is 0 Å². The monoisotopic (exact) mass is 269 g/mol. The first-order valence-corrected chi connectivity index (χ1v) is 6.43.